The average Bonchev–Trinajstić information content (AvgIpc) is 0. The minimum absolute atomic E-state index is 0. The van der Waals surface area contributed by atoms with E-state index in [0.717, 1.165) is 0 Å². The fraction of sp³-hybridized carbons (Fsp3) is 0. The molecule has 2 N–H and O–H groups in total. The van der Waals surface area contributed by atoms with Crippen molar-refractivity contribution in [2.75, 3.05) is 0 Å². The minimum atomic E-state index is 0. The van der Waals surface area contributed by atoms with Crippen molar-refractivity contribution in [3.8, 4) is 0 Å². The van der Waals surface area contributed by atoms with Crippen molar-refractivity contribution in [3.05, 3.63) is 0 Å². The predicted molar refractivity (Wildman–Crippen MR) is 3.61 cm³/mol. The fourth-order valence-corrected chi connectivity index (χ4v) is 0. The van der Waals surface area contributed by atoms with Crippen molar-refractivity contribution in [1.82, 2.24) is 0 Å². The van der Waals surface area contributed by atoms with E-state index in [1.54, 1.807) is 0 Å². The molecule has 0 heterocycles. The Hall–Kier alpha value is 4.67. The first-order valence-electron chi connectivity index (χ1n) is 0. The molecule has 0 aromatic heterocycles. The van der Waals surface area contributed by atoms with Crippen LogP contribution in [0.5, 0.6) is 0 Å². The van der Waals surface area contributed by atoms with Gasteiger partial charge in [0.05, 0.1) is 0 Å². The van der Waals surface area contributed by atoms with Crippen molar-refractivity contribution < 1.29 is 147 Å². The van der Waals surface area contributed by atoms with Crippen LogP contribution in [0.15, 0.2) is 0 Å². The van der Waals surface area contributed by atoms with E-state index in [4.69, 9.17) is 0 Å². The van der Waals surface area contributed by atoms with E-state index < -0.39 is 0 Å². The summed E-state index contributed by atoms with van der Waals surface area (Å²) >= 11 is 0. The van der Waals surface area contributed by atoms with Gasteiger partial charge in [-0.3, -0.25) is 0 Å². The molecule has 0 aliphatic heterocycles. The first kappa shape index (κ1) is 33.3. The van der Waals surface area contributed by atoms with Gasteiger partial charge in [-0.1, -0.05) is 0 Å². The van der Waals surface area contributed by atoms with Crippen LogP contribution in [0.25, 0.3) is 0 Å². The van der Waals surface area contributed by atoms with Gasteiger partial charge < -0.3 is 5.48 Å². The molecule has 0 aliphatic rings. The molecule has 23 valence electrons. The van der Waals surface area contributed by atoms with Crippen molar-refractivity contribution in [2.24, 2.45) is 0 Å². The Bertz CT molecular complexity index is 11.6. The van der Waals surface area contributed by atoms with E-state index >= 15 is 0 Å². The van der Waals surface area contributed by atoms with E-state index in [2.05, 4.69) is 0 Å². The van der Waals surface area contributed by atoms with Crippen LogP contribution in [0.3, 0.4) is 0 Å². The summed E-state index contributed by atoms with van der Waals surface area (Å²) in [5.74, 6) is 0. The van der Waals surface area contributed by atoms with Crippen LogP contribution < -0.4 is 0 Å². The molecule has 0 bridgehead atoms. The Morgan fingerprint density at radius 3 is 1.00 bits per heavy atom. The Morgan fingerprint density at radius 1 is 1.00 bits per heavy atom. The van der Waals surface area contributed by atoms with E-state index in [0.29, 0.717) is 0 Å². The van der Waals surface area contributed by atoms with Gasteiger partial charge in [0.1, 0.15) is 0 Å². The van der Waals surface area contributed by atoms with E-state index in [9.17, 15) is 0 Å². The van der Waals surface area contributed by atoms with Crippen molar-refractivity contribution in [3.63, 3.8) is 0 Å². The summed E-state index contributed by atoms with van der Waals surface area (Å²) in [6, 6.07) is 0. The molecule has 0 aromatic carbocycles. The molecule has 0 aliphatic carbocycles. The van der Waals surface area contributed by atoms with Gasteiger partial charge in [-0.05, 0) is 0 Å². The molecule has 0 aromatic rings. The van der Waals surface area contributed by atoms with E-state index in [-0.39, 0.29) is 147 Å². The smallest absolute Gasteiger partial charge is 0 e. The van der Waals surface area contributed by atoms with Crippen molar-refractivity contribution in [1.29, 1.82) is 0 Å². The molecule has 0 saturated carbocycles. The quantitative estimate of drug-likeness (QED) is 0.432. The van der Waals surface area contributed by atoms with Crippen LogP contribution >= 0.6 is 0 Å². The maximum Gasteiger partial charge on any atom is 0 e. The van der Waals surface area contributed by atoms with Crippen LogP contribution in [0.1, 0.15) is 0 Å². The van der Waals surface area contributed by atoms with E-state index in [1.807, 2.05) is 0 Å². The zero-order chi connectivity index (χ0) is 0. The number of hydrogen-bond acceptors (Lipinski definition) is 0. The maximum absolute atomic E-state index is 0. The number of hydrogen-bond donors (Lipinski definition) is 0. The summed E-state index contributed by atoms with van der Waals surface area (Å²) in [7, 11) is 0. The summed E-state index contributed by atoms with van der Waals surface area (Å²) in [6.45, 7) is 0. The van der Waals surface area contributed by atoms with Gasteiger partial charge in [0.2, 0.25) is 0 Å². The number of rotatable bonds is 0. The molecule has 1 nitrogen and oxygen atoms in total. The van der Waals surface area contributed by atoms with Gasteiger partial charge in [0.15, 0.2) is 0 Å². The molecule has 5 heteroatoms. The molecular formula is H2CeNdOYZr. The molecular weight excluding hydrogens is 480 g/mol. The van der Waals surface area contributed by atoms with Crippen LogP contribution in [0.2, 0.25) is 0 Å². The molecule has 1 radical (unpaired) electrons. The van der Waals surface area contributed by atoms with Gasteiger partial charge in [-0.2, -0.15) is 0 Å². The first-order chi connectivity index (χ1) is 0. The second-order valence-electron chi connectivity index (χ2n) is 0. The van der Waals surface area contributed by atoms with Crippen LogP contribution in [0.4, 0.5) is 0 Å². The van der Waals surface area contributed by atoms with E-state index in [1.165, 1.54) is 0 Å². The normalized spacial score (nSPS) is 0. The van der Waals surface area contributed by atoms with Gasteiger partial charge in [-0.25, -0.2) is 0 Å². The summed E-state index contributed by atoms with van der Waals surface area (Å²) in [4.78, 5) is 0. The third kappa shape index (κ3) is 17.7. The second-order valence-corrected chi connectivity index (χ2v) is 0. The minimum Gasteiger partial charge on any atom is -0.412 e. The second kappa shape index (κ2) is 23.4. The Morgan fingerprint density at radius 2 is 1.00 bits per heavy atom. The van der Waals surface area contributed by atoms with Gasteiger partial charge in [-0.15, -0.1) is 0 Å². The molecule has 0 atom stereocenters. The molecule has 0 unspecified atom stereocenters. The molecule has 0 spiro atoms. The maximum atomic E-state index is 0. The molecule has 0 saturated heterocycles. The van der Waals surface area contributed by atoms with Crippen molar-refractivity contribution >= 4 is 0 Å². The summed E-state index contributed by atoms with van der Waals surface area (Å²) < 4.78 is 0. The third-order valence-electron chi connectivity index (χ3n) is 0. The Labute approximate surface area is 142 Å². The molecule has 0 amide bonds. The topological polar surface area (TPSA) is 31.5 Å². The average molecular weight is 483 g/mol. The zero-order valence-electron chi connectivity index (χ0n) is 2.58. The summed E-state index contributed by atoms with van der Waals surface area (Å²) in [6.07, 6.45) is 0. The molecule has 0 fully saturated rings. The standard InChI is InChI=1S/Ce.Nd.H2O.Y.Zr/h;;1H2;;. The van der Waals surface area contributed by atoms with Gasteiger partial charge in [0.25, 0.3) is 0 Å². The zero-order valence-corrected chi connectivity index (χ0v) is 14.2. The van der Waals surface area contributed by atoms with Gasteiger partial charge >= 0.3 is 0 Å². The monoisotopic (exact) mass is 479 g/mol. The third-order valence-corrected chi connectivity index (χ3v) is 0. The largest absolute Gasteiger partial charge is 0.412 e. The predicted octanol–water partition coefficient (Wildman–Crippen LogP) is -0.830. The molecule has 0 rings (SSSR count). The molecule has 5 heavy (non-hydrogen) atoms. The first-order valence-corrected chi connectivity index (χ1v) is 0. The fourth-order valence-electron chi connectivity index (χ4n) is 0. The summed E-state index contributed by atoms with van der Waals surface area (Å²) in [5, 5.41) is 0. The Balaban J connectivity index is 0. The van der Waals surface area contributed by atoms with Crippen LogP contribution in [0, 0.1) is 82.6 Å². The van der Waals surface area contributed by atoms with Gasteiger partial charge in [0, 0.05) is 141 Å². The summed E-state index contributed by atoms with van der Waals surface area (Å²) in [5.41, 5.74) is 0. The Kier molecular flexibility index (Phi) is 156. The van der Waals surface area contributed by atoms with Crippen molar-refractivity contribution in [2.45, 2.75) is 0 Å². The SMILES string of the molecule is O.[Ce].[Nd].[Y].[Zr]. The van der Waals surface area contributed by atoms with Crippen LogP contribution in [-0.4, -0.2) is 5.48 Å². The van der Waals surface area contributed by atoms with Crippen LogP contribution in [-0.2, 0) is 58.9 Å².